The summed E-state index contributed by atoms with van der Waals surface area (Å²) in [4.78, 5) is 10.4. The summed E-state index contributed by atoms with van der Waals surface area (Å²) < 4.78 is 1.05. The molecular weight excluding hydrogens is 208 g/mol. The standard InChI is InChI=1S/C10H12N4S/c1-14(2)6-13-10-7-3-4-15-9(7)8(11)5-12-10/h3-6H,11H2,1-2H3. The average molecular weight is 220 g/mol. The Hall–Kier alpha value is -1.62. The fraction of sp³-hybridized carbons (Fsp3) is 0.200. The number of pyridine rings is 1. The molecule has 0 aromatic carbocycles. The molecule has 0 radical (unpaired) electrons. The Kier molecular flexibility index (Phi) is 2.55. The summed E-state index contributed by atoms with van der Waals surface area (Å²) in [5.74, 6) is 0.717. The number of aliphatic imine (C=N–C) groups is 1. The van der Waals surface area contributed by atoms with Crippen molar-refractivity contribution >= 4 is 39.3 Å². The average Bonchev–Trinajstić information content (AvgIpc) is 2.66. The molecule has 2 rings (SSSR count). The van der Waals surface area contributed by atoms with Gasteiger partial charge in [-0.05, 0) is 11.4 Å². The number of anilines is 1. The Balaban J connectivity index is 2.52. The van der Waals surface area contributed by atoms with Gasteiger partial charge in [-0.15, -0.1) is 11.3 Å². The van der Waals surface area contributed by atoms with Crippen molar-refractivity contribution in [2.24, 2.45) is 4.99 Å². The lowest BCUT2D eigenvalue weighted by Gasteiger charge is -2.03. The predicted molar refractivity (Wildman–Crippen MR) is 65.9 cm³/mol. The molecule has 2 N–H and O–H groups in total. The third-order valence-electron chi connectivity index (χ3n) is 1.91. The largest absolute Gasteiger partial charge is 0.396 e. The molecule has 0 saturated carbocycles. The molecule has 2 aromatic heterocycles. The van der Waals surface area contributed by atoms with Crippen LogP contribution in [0.3, 0.4) is 0 Å². The van der Waals surface area contributed by atoms with Gasteiger partial charge in [0.25, 0.3) is 0 Å². The Labute approximate surface area is 92.1 Å². The summed E-state index contributed by atoms with van der Waals surface area (Å²) in [6.07, 6.45) is 3.39. The minimum atomic E-state index is 0.712. The Morgan fingerprint density at radius 3 is 3.07 bits per heavy atom. The smallest absolute Gasteiger partial charge is 0.162 e. The molecule has 15 heavy (non-hydrogen) atoms. The zero-order valence-corrected chi connectivity index (χ0v) is 9.45. The molecule has 2 heterocycles. The van der Waals surface area contributed by atoms with Crippen LogP contribution in [0.2, 0.25) is 0 Å². The number of nitrogens with two attached hydrogens (primary N) is 1. The lowest BCUT2D eigenvalue weighted by molar-refractivity contribution is 0.643. The van der Waals surface area contributed by atoms with Gasteiger partial charge in [0.15, 0.2) is 5.82 Å². The number of nitrogen functional groups attached to an aromatic ring is 1. The first kappa shape index (κ1) is 9.92. The molecule has 0 fully saturated rings. The monoisotopic (exact) mass is 220 g/mol. The van der Waals surface area contributed by atoms with Crippen LogP contribution in [0.4, 0.5) is 11.5 Å². The second-order valence-corrected chi connectivity index (χ2v) is 4.32. The van der Waals surface area contributed by atoms with Gasteiger partial charge in [-0.2, -0.15) is 0 Å². The molecule has 0 spiro atoms. The SMILES string of the molecule is CN(C)C=Nc1ncc(N)c2sccc12. The summed E-state index contributed by atoms with van der Waals surface area (Å²) in [5, 5.41) is 3.01. The number of hydrogen-bond donors (Lipinski definition) is 1. The second kappa shape index (κ2) is 3.86. The molecule has 0 saturated heterocycles. The number of hydrogen-bond acceptors (Lipinski definition) is 4. The Morgan fingerprint density at radius 1 is 1.53 bits per heavy atom. The van der Waals surface area contributed by atoms with E-state index in [9.17, 15) is 0 Å². The van der Waals surface area contributed by atoms with E-state index in [1.54, 1.807) is 23.9 Å². The molecule has 2 aromatic rings. The third kappa shape index (κ3) is 1.92. The van der Waals surface area contributed by atoms with Gasteiger partial charge in [-0.25, -0.2) is 9.98 Å². The van der Waals surface area contributed by atoms with Crippen LogP contribution in [0.25, 0.3) is 10.1 Å². The van der Waals surface area contributed by atoms with Crippen molar-refractivity contribution in [2.45, 2.75) is 0 Å². The summed E-state index contributed by atoms with van der Waals surface area (Å²) in [6, 6.07) is 1.99. The van der Waals surface area contributed by atoms with E-state index in [-0.39, 0.29) is 0 Å². The zero-order chi connectivity index (χ0) is 10.8. The van der Waals surface area contributed by atoms with E-state index in [2.05, 4.69) is 9.98 Å². The van der Waals surface area contributed by atoms with Crippen molar-refractivity contribution in [1.29, 1.82) is 0 Å². The fourth-order valence-corrected chi connectivity index (χ4v) is 2.06. The maximum Gasteiger partial charge on any atom is 0.162 e. The van der Waals surface area contributed by atoms with Crippen LogP contribution in [0.1, 0.15) is 0 Å². The summed E-state index contributed by atoms with van der Waals surface area (Å²) >= 11 is 1.61. The molecule has 0 bridgehead atoms. The van der Waals surface area contributed by atoms with Gasteiger partial charge in [-0.3, -0.25) is 0 Å². The maximum absolute atomic E-state index is 5.81. The number of aromatic nitrogens is 1. The molecular formula is C10H12N4S. The van der Waals surface area contributed by atoms with Crippen LogP contribution < -0.4 is 5.73 Å². The quantitative estimate of drug-likeness (QED) is 0.623. The molecule has 0 unspecified atom stereocenters. The molecule has 78 valence electrons. The predicted octanol–water partition coefficient (Wildman–Crippen LogP) is 2.10. The van der Waals surface area contributed by atoms with Crippen LogP contribution in [-0.4, -0.2) is 30.3 Å². The number of rotatable bonds is 2. The normalized spacial score (nSPS) is 11.3. The minimum absolute atomic E-state index is 0.712. The van der Waals surface area contributed by atoms with Crippen LogP contribution in [0.15, 0.2) is 22.6 Å². The summed E-state index contributed by atoms with van der Waals surface area (Å²) in [6.45, 7) is 0. The van der Waals surface area contributed by atoms with Crippen LogP contribution in [0.5, 0.6) is 0 Å². The Bertz CT molecular complexity index is 501. The van der Waals surface area contributed by atoms with Gasteiger partial charge in [0.05, 0.1) is 22.9 Å². The van der Waals surface area contributed by atoms with Crippen molar-refractivity contribution in [2.75, 3.05) is 19.8 Å². The van der Waals surface area contributed by atoms with Crippen molar-refractivity contribution < 1.29 is 0 Å². The molecule has 0 aliphatic heterocycles. The first-order valence-corrected chi connectivity index (χ1v) is 5.39. The maximum atomic E-state index is 5.81. The molecule has 0 aliphatic rings. The van der Waals surface area contributed by atoms with E-state index < -0.39 is 0 Å². The first-order valence-electron chi connectivity index (χ1n) is 4.51. The molecule has 0 atom stereocenters. The van der Waals surface area contributed by atoms with Gasteiger partial charge < -0.3 is 10.6 Å². The molecule has 5 heteroatoms. The van der Waals surface area contributed by atoms with Gasteiger partial charge in [-0.1, -0.05) is 0 Å². The topological polar surface area (TPSA) is 54.5 Å². The highest BCUT2D eigenvalue weighted by atomic mass is 32.1. The highest BCUT2D eigenvalue weighted by Gasteiger charge is 2.05. The molecule has 0 aliphatic carbocycles. The van der Waals surface area contributed by atoms with E-state index in [0.717, 1.165) is 10.1 Å². The lowest BCUT2D eigenvalue weighted by Crippen LogP contribution is -2.07. The number of fused-ring (bicyclic) bond motifs is 1. The van der Waals surface area contributed by atoms with Crippen molar-refractivity contribution in [3.63, 3.8) is 0 Å². The van der Waals surface area contributed by atoms with E-state index in [1.807, 2.05) is 30.4 Å². The number of thiophene rings is 1. The van der Waals surface area contributed by atoms with E-state index in [0.29, 0.717) is 11.5 Å². The van der Waals surface area contributed by atoms with Gasteiger partial charge in [0.1, 0.15) is 0 Å². The van der Waals surface area contributed by atoms with Crippen molar-refractivity contribution in [3.05, 3.63) is 17.6 Å². The van der Waals surface area contributed by atoms with Gasteiger partial charge in [0.2, 0.25) is 0 Å². The zero-order valence-electron chi connectivity index (χ0n) is 8.64. The van der Waals surface area contributed by atoms with Gasteiger partial charge >= 0.3 is 0 Å². The second-order valence-electron chi connectivity index (χ2n) is 3.41. The summed E-state index contributed by atoms with van der Waals surface area (Å²) in [5.41, 5.74) is 6.52. The Morgan fingerprint density at radius 2 is 2.33 bits per heavy atom. The molecule has 4 nitrogen and oxygen atoms in total. The highest BCUT2D eigenvalue weighted by molar-refractivity contribution is 7.17. The highest BCUT2D eigenvalue weighted by Crippen LogP contribution is 2.31. The minimum Gasteiger partial charge on any atom is -0.396 e. The van der Waals surface area contributed by atoms with E-state index in [1.165, 1.54) is 0 Å². The summed E-state index contributed by atoms with van der Waals surface area (Å²) in [7, 11) is 3.84. The van der Waals surface area contributed by atoms with Crippen molar-refractivity contribution in [1.82, 2.24) is 9.88 Å². The lowest BCUT2D eigenvalue weighted by atomic mass is 10.3. The van der Waals surface area contributed by atoms with E-state index >= 15 is 0 Å². The van der Waals surface area contributed by atoms with Crippen molar-refractivity contribution in [3.8, 4) is 0 Å². The first-order chi connectivity index (χ1) is 7.18. The number of nitrogens with zero attached hydrogens (tertiary/aromatic N) is 3. The van der Waals surface area contributed by atoms with Crippen LogP contribution >= 0.6 is 11.3 Å². The van der Waals surface area contributed by atoms with Crippen LogP contribution in [0, 0.1) is 0 Å². The fourth-order valence-electron chi connectivity index (χ4n) is 1.24. The van der Waals surface area contributed by atoms with E-state index in [4.69, 9.17) is 5.73 Å². The molecule has 0 amide bonds. The van der Waals surface area contributed by atoms with Gasteiger partial charge in [0, 0.05) is 19.5 Å². The third-order valence-corrected chi connectivity index (χ3v) is 2.87. The van der Waals surface area contributed by atoms with Crippen LogP contribution in [-0.2, 0) is 0 Å².